The van der Waals surface area contributed by atoms with E-state index in [0.29, 0.717) is 0 Å². The topological polar surface area (TPSA) is 65.0 Å². The van der Waals surface area contributed by atoms with E-state index < -0.39 is 36.4 Å². The molecule has 2 rings (SSSR count). The second kappa shape index (κ2) is 6.38. The number of hydrogen-bond donors (Lipinski definition) is 1. The Morgan fingerprint density at radius 3 is 2.24 bits per heavy atom. The molecule has 5 nitrogen and oxygen atoms in total. The molecule has 1 aromatic carbocycles. The Morgan fingerprint density at radius 2 is 1.76 bits per heavy atom. The van der Waals surface area contributed by atoms with E-state index in [1.54, 1.807) is 27.7 Å². The van der Waals surface area contributed by atoms with E-state index in [1.807, 2.05) is 0 Å². The predicted molar refractivity (Wildman–Crippen MR) is 85.5 cm³/mol. The van der Waals surface area contributed by atoms with Crippen LogP contribution in [0.3, 0.4) is 0 Å². The maximum atomic E-state index is 12.7. The molecule has 1 N–H and O–H groups in total. The number of aliphatic carboxylic acids is 1. The zero-order valence-corrected chi connectivity index (χ0v) is 14.2. The Morgan fingerprint density at radius 1 is 1.20 bits per heavy atom. The second-order valence-corrected chi connectivity index (χ2v) is 6.57. The minimum absolute atomic E-state index is 0.0688. The number of halogens is 3. The van der Waals surface area contributed by atoms with Crippen LogP contribution in [0.1, 0.15) is 33.3 Å². The smallest absolute Gasteiger partial charge is 0.478 e. The summed E-state index contributed by atoms with van der Waals surface area (Å²) in [4.78, 5) is 10.8. The van der Waals surface area contributed by atoms with Crippen molar-refractivity contribution in [2.75, 3.05) is 0 Å². The van der Waals surface area contributed by atoms with Crippen molar-refractivity contribution in [3.63, 3.8) is 0 Å². The lowest BCUT2D eigenvalue weighted by atomic mass is 9.75. The summed E-state index contributed by atoms with van der Waals surface area (Å²) in [6, 6.07) is 3.97. The molecule has 9 heteroatoms. The normalized spacial score (nSPS) is 19.4. The molecule has 1 aromatic rings. The van der Waals surface area contributed by atoms with Crippen LogP contribution >= 0.6 is 0 Å². The molecule has 1 fully saturated rings. The first-order valence-corrected chi connectivity index (χ1v) is 7.48. The number of carbonyl (C=O) groups is 1. The van der Waals surface area contributed by atoms with Crippen molar-refractivity contribution in [2.45, 2.75) is 45.3 Å². The highest BCUT2D eigenvalue weighted by atomic mass is 19.4. The molecule has 0 aliphatic carbocycles. The number of benzene rings is 1. The van der Waals surface area contributed by atoms with Gasteiger partial charge in [0.2, 0.25) is 0 Å². The van der Waals surface area contributed by atoms with E-state index in [1.165, 1.54) is 12.1 Å². The molecule has 25 heavy (non-hydrogen) atoms. The third-order valence-electron chi connectivity index (χ3n) is 4.23. The van der Waals surface area contributed by atoms with Crippen LogP contribution in [0, 0.1) is 0 Å². The number of carboxylic acids is 1. The van der Waals surface area contributed by atoms with Crippen molar-refractivity contribution in [2.24, 2.45) is 0 Å². The summed E-state index contributed by atoms with van der Waals surface area (Å²) >= 11 is 0. The molecule has 136 valence electrons. The van der Waals surface area contributed by atoms with E-state index >= 15 is 0 Å². The highest BCUT2D eigenvalue weighted by molar-refractivity contribution is 6.63. The number of carboxylic acid groups (broad SMARTS) is 1. The van der Waals surface area contributed by atoms with Crippen molar-refractivity contribution in [1.29, 1.82) is 0 Å². The van der Waals surface area contributed by atoms with Gasteiger partial charge in [0.1, 0.15) is 5.75 Å². The van der Waals surface area contributed by atoms with E-state index in [4.69, 9.17) is 14.4 Å². The third kappa shape index (κ3) is 4.35. The molecule has 0 radical (unpaired) electrons. The van der Waals surface area contributed by atoms with Gasteiger partial charge in [-0.2, -0.15) is 0 Å². The summed E-state index contributed by atoms with van der Waals surface area (Å²) in [5, 5.41) is 8.81. The average Bonchev–Trinajstić information content (AvgIpc) is 2.63. The number of hydrogen-bond acceptors (Lipinski definition) is 4. The van der Waals surface area contributed by atoms with Crippen LogP contribution in [0.2, 0.25) is 0 Å². The van der Waals surface area contributed by atoms with Crippen LogP contribution in [0.15, 0.2) is 24.3 Å². The molecular formula is C16H18BF3O5. The Labute approximate surface area is 143 Å². The van der Waals surface area contributed by atoms with Gasteiger partial charge in [-0.15, -0.1) is 13.2 Å². The molecule has 0 saturated carbocycles. The average molecular weight is 358 g/mol. The van der Waals surface area contributed by atoms with Gasteiger partial charge in [0, 0.05) is 11.6 Å². The van der Waals surface area contributed by atoms with Crippen molar-refractivity contribution in [1.82, 2.24) is 0 Å². The van der Waals surface area contributed by atoms with Crippen molar-refractivity contribution in [3.8, 4) is 5.75 Å². The van der Waals surface area contributed by atoms with Crippen molar-refractivity contribution < 1.29 is 37.1 Å². The zero-order valence-electron chi connectivity index (χ0n) is 14.2. The second-order valence-electron chi connectivity index (χ2n) is 6.57. The van der Waals surface area contributed by atoms with E-state index in [-0.39, 0.29) is 11.0 Å². The molecule has 1 aliphatic heterocycles. The highest BCUT2D eigenvalue weighted by Crippen LogP contribution is 2.37. The molecule has 1 heterocycles. The highest BCUT2D eigenvalue weighted by Gasteiger charge is 2.52. The molecule has 0 bridgehead atoms. The van der Waals surface area contributed by atoms with Gasteiger partial charge in [-0.3, -0.25) is 0 Å². The maximum absolute atomic E-state index is 12.7. The summed E-state index contributed by atoms with van der Waals surface area (Å²) in [6.07, 6.45) is -3.16. The number of rotatable bonds is 4. The molecule has 0 unspecified atom stereocenters. The minimum Gasteiger partial charge on any atom is -0.478 e. The minimum atomic E-state index is -4.92. The standard InChI is InChI=1S/C16H18BF3O5/c1-14(2)15(3,4)25-17(24-14)11-6-5-7-12(23-16(18,19)20)10(11)8-9-13(21)22/h5-9H,1-4H3,(H,21,22)/b9-8+. The SMILES string of the molecule is CC1(C)OB(c2cccc(OC(F)(F)F)c2/C=C/C(=O)O)OC1(C)C. The fourth-order valence-electron chi connectivity index (χ4n) is 2.28. The fourth-order valence-corrected chi connectivity index (χ4v) is 2.28. The Bertz CT molecular complexity index is 682. The van der Waals surface area contributed by atoms with Gasteiger partial charge >= 0.3 is 19.5 Å². The third-order valence-corrected chi connectivity index (χ3v) is 4.23. The van der Waals surface area contributed by atoms with E-state index in [0.717, 1.165) is 18.2 Å². The van der Waals surface area contributed by atoms with Crippen LogP contribution in [0.25, 0.3) is 6.08 Å². The van der Waals surface area contributed by atoms with Gasteiger partial charge in [-0.25, -0.2) is 4.79 Å². The van der Waals surface area contributed by atoms with Crippen LogP contribution in [0.4, 0.5) is 13.2 Å². The summed E-state index contributed by atoms with van der Waals surface area (Å²) < 4.78 is 53.6. The summed E-state index contributed by atoms with van der Waals surface area (Å²) in [6.45, 7) is 7.21. The van der Waals surface area contributed by atoms with Gasteiger partial charge in [0.25, 0.3) is 0 Å². The molecule has 0 atom stereocenters. The first-order chi connectivity index (χ1) is 11.3. The monoisotopic (exact) mass is 358 g/mol. The molecule has 0 spiro atoms. The van der Waals surface area contributed by atoms with Gasteiger partial charge in [0.15, 0.2) is 0 Å². The van der Waals surface area contributed by atoms with Gasteiger partial charge in [0.05, 0.1) is 11.2 Å². The fraction of sp³-hybridized carbons (Fsp3) is 0.438. The largest absolute Gasteiger partial charge is 0.573 e. The van der Waals surface area contributed by atoms with Crippen molar-refractivity contribution in [3.05, 3.63) is 29.8 Å². The summed E-state index contributed by atoms with van der Waals surface area (Å²) in [5.74, 6) is -1.83. The number of alkyl halides is 3. The quantitative estimate of drug-likeness (QED) is 0.662. The van der Waals surface area contributed by atoms with Gasteiger partial charge in [-0.05, 0) is 45.3 Å². The first-order valence-electron chi connectivity index (χ1n) is 7.48. The Balaban J connectivity index is 2.51. The van der Waals surface area contributed by atoms with Gasteiger partial charge in [-0.1, -0.05) is 12.1 Å². The van der Waals surface area contributed by atoms with E-state index in [2.05, 4.69) is 4.74 Å². The van der Waals surface area contributed by atoms with Crippen LogP contribution in [0.5, 0.6) is 5.75 Å². The lowest BCUT2D eigenvalue weighted by molar-refractivity contribution is -0.274. The van der Waals surface area contributed by atoms with E-state index in [9.17, 15) is 18.0 Å². The molecule has 1 aliphatic rings. The Kier molecular flexibility index (Phi) is 4.93. The predicted octanol–water partition coefficient (Wildman–Crippen LogP) is 2.98. The number of ether oxygens (including phenoxy) is 1. The maximum Gasteiger partial charge on any atom is 0.573 e. The molecule has 1 saturated heterocycles. The molecule has 0 amide bonds. The first kappa shape index (κ1) is 19.3. The van der Waals surface area contributed by atoms with Crippen molar-refractivity contribution >= 4 is 24.6 Å². The molecular weight excluding hydrogens is 340 g/mol. The van der Waals surface area contributed by atoms with Crippen LogP contribution in [-0.4, -0.2) is 35.8 Å². The van der Waals surface area contributed by atoms with Gasteiger partial charge < -0.3 is 19.2 Å². The summed E-state index contributed by atoms with van der Waals surface area (Å²) in [5.41, 5.74) is -1.22. The lowest BCUT2D eigenvalue weighted by Crippen LogP contribution is -2.41. The summed E-state index contributed by atoms with van der Waals surface area (Å²) in [7, 11) is -0.963. The lowest BCUT2D eigenvalue weighted by Gasteiger charge is -2.32. The van der Waals surface area contributed by atoms with Crippen LogP contribution in [-0.2, 0) is 14.1 Å². The van der Waals surface area contributed by atoms with Crippen LogP contribution < -0.4 is 10.2 Å². The molecule has 0 aromatic heterocycles. The zero-order chi connectivity index (χ0) is 19.0. The Hall–Kier alpha value is -2.00.